The van der Waals surface area contributed by atoms with Crippen LogP contribution >= 0.6 is 0 Å². The largest absolute Gasteiger partial charge is 2.00 e. The Kier molecular flexibility index (Phi) is 15.9. The number of hydrogen-bond donors (Lipinski definition) is 0. The molecule has 0 aliphatic heterocycles. The normalized spacial score (nSPS) is 27.2. The summed E-state index contributed by atoms with van der Waals surface area (Å²) >= 11 is 0. The van der Waals surface area contributed by atoms with Gasteiger partial charge in [-0.3, -0.25) is 0 Å². The van der Waals surface area contributed by atoms with E-state index in [0.717, 1.165) is 0 Å². The fraction of sp³-hybridized carbons (Fsp3) is 0.346. The van der Waals surface area contributed by atoms with Gasteiger partial charge in [0.05, 0.1) is 0 Å². The van der Waals surface area contributed by atoms with E-state index in [9.17, 15) is 0 Å². The average molecular weight is 550 g/mol. The Labute approximate surface area is 202 Å². The molecule has 0 bridgehead atoms. The molecule has 14 radical (unpaired) electrons. The van der Waals surface area contributed by atoms with Crippen molar-refractivity contribution in [1.82, 2.24) is 0 Å². The summed E-state index contributed by atoms with van der Waals surface area (Å²) in [5, 5.41) is 0. The number of hydrogen-bond acceptors (Lipinski definition) is 0. The second kappa shape index (κ2) is 15.5. The fourth-order valence-electron chi connectivity index (χ4n) is 3.27. The van der Waals surface area contributed by atoms with Crippen molar-refractivity contribution in [3.8, 4) is 0 Å². The standard InChI is InChI=1S/C10H15.C8H6.C8H12.Rh.Ru/c1-6-7(2)9(4)10(5)8(6)3;1-3-7-5-2-6-8(7)4-1;1-2-4-6-8-7-5-3-1;;/h1-5H3;1-6H;1-2,7-8H,3-6H2;;/q;;;;+2/b;;2-1-,8-7-;;. The van der Waals surface area contributed by atoms with Crippen molar-refractivity contribution in [3.63, 3.8) is 0 Å². The van der Waals surface area contributed by atoms with Crippen LogP contribution in [0.4, 0.5) is 0 Å². The molecule has 4 aliphatic rings. The second-order valence-electron chi connectivity index (χ2n) is 7.18. The van der Waals surface area contributed by atoms with Crippen LogP contribution in [0.25, 0.3) is 0 Å². The Morgan fingerprint density at radius 3 is 0.893 bits per heavy atom. The summed E-state index contributed by atoms with van der Waals surface area (Å²) in [5.41, 5.74) is 0. The van der Waals surface area contributed by atoms with Crippen molar-refractivity contribution in [2.45, 2.75) is 60.3 Å². The predicted octanol–water partition coefficient (Wildman–Crippen LogP) is 7.03. The van der Waals surface area contributed by atoms with E-state index >= 15 is 0 Å². The molecule has 3 saturated carbocycles. The summed E-state index contributed by atoms with van der Waals surface area (Å²) in [5.74, 6) is 10.0. The molecule has 4 aliphatic carbocycles. The number of fused-ring (bicyclic) bond motifs is 1. The van der Waals surface area contributed by atoms with Gasteiger partial charge in [0.25, 0.3) is 0 Å². The van der Waals surface area contributed by atoms with Crippen LogP contribution in [0.15, 0.2) is 24.3 Å². The van der Waals surface area contributed by atoms with Gasteiger partial charge in [-0.15, -0.1) is 0 Å². The molecular weight excluding hydrogens is 516 g/mol. The maximum absolute atomic E-state index is 2.27. The molecule has 2 heteroatoms. The Hall–Kier alpha value is 0.727. The summed E-state index contributed by atoms with van der Waals surface area (Å²) in [6, 6.07) is 0. The summed E-state index contributed by atoms with van der Waals surface area (Å²) in [4.78, 5) is 0. The first-order valence-electron chi connectivity index (χ1n) is 9.79. The smallest absolute Gasteiger partial charge is 0.0882 e. The molecule has 0 N–H and O–H groups in total. The predicted molar refractivity (Wildman–Crippen MR) is 114 cm³/mol. The van der Waals surface area contributed by atoms with Gasteiger partial charge in [0.15, 0.2) is 0 Å². The Morgan fingerprint density at radius 2 is 0.679 bits per heavy atom. The molecule has 0 amide bonds. The minimum Gasteiger partial charge on any atom is -0.0882 e. The molecule has 0 unspecified atom stereocenters. The van der Waals surface area contributed by atoms with E-state index in [1.165, 1.54) is 67.1 Å². The third kappa shape index (κ3) is 8.84. The Balaban J connectivity index is 0.000000379. The zero-order valence-corrected chi connectivity index (χ0v) is 21.2. The van der Waals surface area contributed by atoms with Crippen molar-refractivity contribution < 1.29 is 39.0 Å². The zero-order chi connectivity index (χ0) is 18.9. The van der Waals surface area contributed by atoms with Crippen LogP contribution < -0.4 is 0 Å². The van der Waals surface area contributed by atoms with Crippen molar-refractivity contribution in [1.29, 1.82) is 0 Å². The van der Waals surface area contributed by atoms with E-state index < -0.39 is 0 Å². The first-order chi connectivity index (χ1) is 12.5. The average Bonchev–Trinajstić information content (AvgIpc) is 3.26. The molecule has 152 valence electrons. The third-order valence-corrected chi connectivity index (χ3v) is 5.58. The Morgan fingerprint density at radius 1 is 0.464 bits per heavy atom. The van der Waals surface area contributed by atoms with Gasteiger partial charge >= 0.3 is 19.5 Å². The van der Waals surface area contributed by atoms with Gasteiger partial charge in [-0.05, 0) is 106 Å². The SMILES string of the molecule is C1=C\CC/C=C\CC/1.C[C]1[C](C)[C](C)[C](C)[C]1C.[CH]1[CH][C]2[CH][CH][CH][C]2[CH]1.[Rh].[Ru+2]. The van der Waals surface area contributed by atoms with Gasteiger partial charge in [-0.1, -0.05) is 58.9 Å². The minimum absolute atomic E-state index is 0. The van der Waals surface area contributed by atoms with Crippen LogP contribution in [0.3, 0.4) is 0 Å². The number of allylic oxidation sites excluding steroid dienone is 4. The van der Waals surface area contributed by atoms with Gasteiger partial charge in [0.1, 0.15) is 0 Å². The second-order valence-corrected chi connectivity index (χ2v) is 7.18. The summed E-state index contributed by atoms with van der Waals surface area (Å²) in [6.07, 6.45) is 26.6. The molecule has 0 saturated heterocycles. The minimum atomic E-state index is 0. The van der Waals surface area contributed by atoms with E-state index in [0.29, 0.717) is 0 Å². The number of rotatable bonds is 0. The summed E-state index contributed by atoms with van der Waals surface area (Å²) < 4.78 is 0. The van der Waals surface area contributed by atoms with Crippen molar-refractivity contribution >= 4 is 0 Å². The summed E-state index contributed by atoms with van der Waals surface area (Å²) in [7, 11) is 0. The molecule has 3 fully saturated rings. The first kappa shape index (κ1) is 28.7. The molecule has 0 atom stereocenters. The quantitative estimate of drug-likeness (QED) is 0.225. The van der Waals surface area contributed by atoms with Crippen LogP contribution in [0.5, 0.6) is 0 Å². The zero-order valence-electron chi connectivity index (χ0n) is 17.8. The third-order valence-electron chi connectivity index (χ3n) is 5.58. The topological polar surface area (TPSA) is 0 Å². The van der Waals surface area contributed by atoms with Crippen molar-refractivity contribution in [2.75, 3.05) is 0 Å². The van der Waals surface area contributed by atoms with Crippen LogP contribution in [0, 0.1) is 80.0 Å². The van der Waals surface area contributed by atoms with E-state index in [2.05, 4.69) is 97.4 Å². The van der Waals surface area contributed by atoms with Crippen molar-refractivity contribution in [2.24, 2.45) is 0 Å². The molecule has 0 heterocycles. The van der Waals surface area contributed by atoms with E-state index in [1.807, 2.05) is 0 Å². The maximum atomic E-state index is 2.27. The molecule has 0 spiro atoms. The van der Waals surface area contributed by atoms with Gasteiger partial charge in [-0.2, -0.15) is 0 Å². The molecule has 0 aromatic heterocycles. The monoisotopic (exact) mass is 550 g/mol. The van der Waals surface area contributed by atoms with Gasteiger partial charge in [0.2, 0.25) is 0 Å². The van der Waals surface area contributed by atoms with Crippen LogP contribution in [-0.2, 0) is 39.0 Å². The maximum Gasteiger partial charge on any atom is 2.00 e. The summed E-state index contributed by atoms with van der Waals surface area (Å²) in [6.45, 7) is 11.0. The van der Waals surface area contributed by atoms with Gasteiger partial charge < -0.3 is 0 Å². The van der Waals surface area contributed by atoms with Crippen molar-refractivity contribution in [3.05, 3.63) is 104 Å². The molecule has 0 nitrogen and oxygen atoms in total. The van der Waals surface area contributed by atoms with E-state index in [4.69, 9.17) is 0 Å². The van der Waals surface area contributed by atoms with Crippen LogP contribution in [0.1, 0.15) is 60.3 Å². The molecular formula is C26H33RhRu+2. The van der Waals surface area contributed by atoms with E-state index in [-0.39, 0.29) is 39.0 Å². The Bertz CT molecular complexity index is 353. The van der Waals surface area contributed by atoms with Crippen LogP contribution in [-0.4, -0.2) is 0 Å². The molecule has 4 rings (SSSR count). The molecule has 28 heavy (non-hydrogen) atoms. The van der Waals surface area contributed by atoms with Gasteiger partial charge in [0, 0.05) is 19.5 Å². The fourth-order valence-corrected chi connectivity index (χ4v) is 3.27. The first-order valence-corrected chi connectivity index (χ1v) is 9.79. The molecule has 0 aromatic carbocycles. The molecule has 0 aromatic rings. The van der Waals surface area contributed by atoms with E-state index in [1.54, 1.807) is 0 Å². The van der Waals surface area contributed by atoms with Crippen LogP contribution in [0.2, 0.25) is 0 Å². The van der Waals surface area contributed by atoms with Gasteiger partial charge in [-0.25, -0.2) is 0 Å².